The van der Waals surface area contributed by atoms with Gasteiger partial charge in [0.1, 0.15) is 0 Å². The summed E-state index contributed by atoms with van der Waals surface area (Å²) in [4.78, 5) is 4.24. The lowest BCUT2D eigenvalue weighted by molar-refractivity contribution is 0.340. The van der Waals surface area contributed by atoms with E-state index < -0.39 is 0 Å². The summed E-state index contributed by atoms with van der Waals surface area (Å²) < 4.78 is 2.09. The largest absolute Gasteiger partial charge is 0.329 e. The zero-order valence-corrected chi connectivity index (χ0v) is 12.2. The highest BCUT2D eigenvalue weighted by atomic mass is 35.5. The monoisotopic (exact) mass is 277 g/mol. The lowest BCUT2D eigenvalue weighted by Gasteiger charge is -2.28. The number of rotatable bonds is 5. The summed E-state index contributed by atoms with van der Waals surface area (Å²) in [5.41, 5.74) is 8.21. The molecule has 0 spiro atoms. The molecule has 0 saturated carbocycles. The van der Waals surface area contributed by atoms with Gasteiger partial charge in [-0.15, -0.1) is 0 Å². The van der Waals surface area contributed by atoms with Crippen molar-refractivity contribution in [3.05, 3.63) is 41.8 Å². The summed E-state index contributed by atoms with van der Waals surface area (Å²) in [6, 6.07) is 7.81. The third-order valence-corrected chi connectivity index (χ3v) is 4.09. The molecule has 102 valence electrons. The Morgan fingerprint density at radius 3 is 2.58 bits per heavy atom. The van der Waals surface area contributed by atoms with Crippen molar-refractivity contribution in [2.75, 3.05) is 0 Å². The molecule has 0 radical (unpaired) electrons. The first-order chi connectivity index (χ1) is 9.09. The summed E-state index contributed by atoms with van der Waals surface area (Å²) in [5, 5.41) is 0.736. The highest BCUT2D eigenvalue weighted by molar-refractivity contribution is 6.33. The van der Waals surface area contributed by atoms with E-state index in [1.54, 1.807) is 0 Å². The van der Waals surface area contributed by atoms with Crippen molar-refractivity contribution in [1.29, 1.82) is 0 Å². The number of aromatic nitrogens is 2. The molecule has 0 aliphatic carbocycles. The maximum atomic E-state index is 6.39. The Bertz CT molecular complexity index is 544. The highest BCUT2D eigenvalue weighted by Gasteiger charge is 2.22. The van der Waals surface area contributed by atoms with Gasteiger partial charge in [-0.1, -0.05) is 43.6 Å². The van der Waals surface area contributed by atoms with E-state index in [1.165, 1.54) is 0 Å². The molecule has 0 saturated heterocycles. The molecular weight excluding hydrogens is 258 g/mol. The van der Waals surface area contributed by atoms with Gasteiger partial charge in [0, 0.05) is 22.7 Å². The van der Waals surface area contributed by atoms with Gasteiger partial charge in [-0.2, -0.15) is 0 Å². The Morgan fingerprint density at radius 2 is 1.95 bits per heavy atom. The standard InChI is InChI=1S/C15H20ClN3/c1-3-15(17,4-2)10-19-11-18-9-14(19)12-7-5-6-8-13(12)16/h5-9,11H,3-4,10,17H2,1-2H3. The number of nitrogens with two attached hydrogens (primary N) is 1. The van der Waals surface area contributed by atoms with Crippen molar-refractivity contribution >= 4 is 11.6 Å². The smallest absolute Gasteiger partial charge is 0.0951 e. The van der Waals surface area contributed by atoms with E-state index in [4.69, 9.17) is 17.3 Å². The lowest BCUT2D eigenvalue weighted by atomic mass is 9.94. The van der Waals surface area contributed by atoms with Crippen LogP contribution >= 0.6 is 11.6 Å². The quantitative estimate of drug-likeness (QED) is 0.905. The van der Waals surface area contributed by atoms with Gasteiger partial charge in [-0.05, 0) is 18.9 Å². The van der Waals surface area contributed by atoms with Crippen LogP contribution in [0.3, 0.4) is 0 Å². The third-order valence-electron chi connectivity index (χ3n) is 3.76. The van der Waals surface area contributed by atoms with Crippen LogP contribution in [0.25, 0.3) is 11.3 Å². The topological polar surface area (TPSA) is 43.8 Å². The predicted molar refractivity (Wildman–Crippen MR) is 80.2 cm³/mol. The molecule has 0 unspecified atom stereocenters. The first-order valence-electron chi connectivity index (χ1n) is 6.63. The first-order valence-corrected chi connectivity index (χ1v) is 7.01. The number of benzene rings is 1. The SMILES string of the molecule is CCC(N)(CC)Cn1cncc1-c1ccccc1Cl. The Labute approximate surface area is 119 Å². The van der Waals surface area contributed by atoms with Gasteiger partial charge in [0.15, 0.2) is 0 Å². The molecular formula is C15H20ClN3. The molecule has 1 aromatic heterocycles. The van der Waals surface area contributed by atoms with E-state index >= 15 is 0 Å². The highest BCUT2D eigenvalue weighted by Crippen LogP contribution is 2.28. The summed E-state index contributed by atoms with van der Waals surface area (Å²) in [7, 11) is 0. The number of hydrogen-bond donors (Lipinski definition) is 1. The fourth-order valence-corrected chi connectivity index (χ4v) is 2.39. The maximum Gasteiger partial charge on any atom is 0.0951 e. The van der Waals surface area contributed by atoms with Crippen LogP contribution < -0.4 is 5.73 Å². The summed E-state index contributed by atoms with van der Waals surface area (Å²) in [6.07, 6.45) is 5.53. The van der Waals surface area contributed by atoms with Crippen molar-refractivity contribution in [3.63, 3.8) is 0 Å². The van der Waals surface area contributed by atoms with Gasteiger partial charge in [-0.3, -0.25) is 0 Å². The molecule has 19 heavy (non-hydrogen) atoms. The summed E-state index contributed by atoms with van der Waals surface area (Å²) >= 11 is 6.25. The predicted octanol–water partition coefficient (Wildman–Crippen LogP) is 3.72. The van der Waals surface area contributed by atoms with Crippen LogP contribution in [0.15, 0.2) is 36.8 Å². The zero-order valence-electron chi connectivity index (χ0n) is 11.4. The van der Waals surface area contributed by atoms with Gasteiger partial charge in [0.2, 0.25) is 0 Å². The molecule has 4 heteroatoms. The van der Waals surface area contributed by atoms with Crippen LogP contribution in [0, 0.1) is 0 Å². The molecule has 0 bridgehead atoms. The lowest BCUT2D eigenvalue weighted by Crippen LogP contribution is -2.42. The first kappa shape index (κ1) is 14.1. The minimum Gasteiger partial charge on any atom is -0.329 e. The van der Waals surface area contributed by atoms with Gasteiger partial charge in [-0.25, -0.2) is 4.98 Å². The Morgan fingerprint density at radius 1 is 1.26 bits per heavy atom. The molecule has 0 aliphatic rings. The van der Waals surface area contributed by atoms with Crippen LogP contribution in [0.4, 0.5) is 0 Å². The molecule has 0 atom stereocenters. The Kier molecular flexibility index (Phi) is 4.27. The van der Waals surface area contributed by atoms with Crippen molar-refractivity contribution in [3.8, 4) is 11.3 Å². The second-order valence-corrected chi connectivity index (χ2v) is 5.36. The van der Waals surface area contributed by atoms with E-state index in [-0.39, 0.29) is 5.54 Å². The minimum atomic E-state index is -0.198. The number of nitrogens with zero attached hydrogens (tertiary/aromatic N) is 2. The third kappa shape index (κ3) is 2.99. The molecule has 1 aromatic carbocycles. The van der Waals surface area contributed by atoms with E-state index in [2.05, 4.69) is 23.4 Å². The van der Waals surface area contributed by atoms with Crippen LogP contribution in [0.5, 0.6) is 0 Å². The van der Waals surface area contributed by atoms with E-state index in [0.717, 1.165) is 35.7 Å². The molecule has 3 nitrogen and oxygen atoms in total. The molecule has 0 fully saturated rings. The van der Waals surface area contributed by atoms with Crippen molar-refractivity contribution in [1.82, 2.24) is 9.55 Å². The van der Waals surface area contributed by atoms with Gasteiger partial charge < -0.3 is 10.3 Å². The number of imidazole rings is 1. The molecule has 2 aromatic rings. The summed E-state index contributed by atoms with van der Waals surface area (Å²) in [6.45, 7) is 4.99. The second-order valence-electron chi connectivity index (χ2n) is 4.96. The molecule has 0 aliphatic heterocycles. The van der Waals surface area contributed by atoms with E-state index in [0.29, 0.717) is 0 Å². The average Bonchev–Trinajstić information content (AvgIpc) is 2.87. The molecule has 2 N–H and O–H groups in total. The normalized spacial score (nSPS) is 11.8. The zero-order chi connectivity index (χ0) is 13.9. The van der Waals surface area contributed by atoms with Gasteiger partial charge in [0.05, 0.1) is 18.2 Å². The Balaban J connectivity index is 2.36. The fraction of sp³-hybridized carbons (Fsp3) is 0.400. The molecule has 0 amide bonds. The van der Waals surface area contributed by atoms with Crippen LogP contribution in [0.2, 0.25) is 5.02 Å². The van der Waals surface area contributed by atoms with Crippen LogP contribution in [-0.2, 0) is 6.54 Å². The number of halogens is 1. The maximum absolute atomic E-state index is 6.39. The van der Waals surface area contributed by atoms with Crippen LogP contribution in [0.1, 0.15) is 26.7 Å². The van der Waals surface area contributed by atoms with E-state index in [1.807, 2.05) is 36.8 Å². The molecule has 1 heterocycles. The minimum absolute atomic E-state index is 0.198. The average molecular weight is 278 g/mol. The Hall–Kier alpha value is -1.32. The second kappa shape index (κ2) is 5.76. The number of hydrogen-bond acceptors (Lipinski definition) is 2. The van der Waals surface area contributed by atoms with Gasteiger partial charge >= 0.3 is 0 Å². The van der Waals surface area contributed by atoms with Gasteiger partial charge in [0.25, 0.3) is 0 Å². The molecule has 2 rings (SSSR count). The van der Waals surface area contributed by atoms with Crippen molar-refractivity contribution < 1.29 is 0 Å². The van der Waals surface area contributed by atoms with Crippen molar-refractivity contribution in [2.24, 2.45) is 5.73 Å². The van der Waals surface area contributed by atoms with Crippen molar-refractivity contribution in [2.45, 2.75) is 38.8 Å². The van der Waals surface area contributed by atoms with E-state index in [9.17, 15) is 0 Å². The summed E-state index contributed by atoms with van der Waals surface area (Å²) in [5.74, 6) is 0. The fourth-order valence-electron chi connectivity index (χ4n) is 2.15. The van der Waals surface area contributed by atoms with Crippen LogP contribution in [-0.4, -0.2) is 15.1 Å².